The summed E-state index contributed by atoms with van der Waals surface area (Å²) in [6, 6.07) is 10.2. The van der Waals surface area contributed by atoms with Crippen LogP contribution in [0.4, 0.5) is 5.82 Å². The van der Waals surface area contributed by atoms with Gasteiger partial charge in [0.05, 0.1) is 0 Å². The van der Waals surface area contributed by atoms with Gasteiger partial charge in [0.2, 0.25) is 0 Å². The maximum atomic E-state index is 12.7. The molecule has 2 saturated heterocycles. The molecule has 3 heterocycles. The Kier molecular flexibility index (Phi) is 6.38. The molecule has 0 radical (unpaired) electrons. The molecule has 1 aromatic carbocycles. The molecule has 0 unspecified atom stereocenters. The Morgan fingerprint density at radius 1 is 1.03 bits per heavy atom. The van der Waals surface area contributed by atoms with E-state index in [1.165, 1.54) is 12.8 Å². The van der Waals surface area contributed by atoms with E-state index in [0.717, 1.165) is 72.6 Å². The number of hydrogen-bond acceptors (Lipinski definition) is 5. The van der Waals surface area contributed by atoms with Crippen molar-refractivity contribution in [2.24, 2.45) is 0 Å². The predicted octanol–water partition coefficient (Wildman–Crippen LogP) is 4.73. The van der Waals surface area contributed by atoms with Gasteiger partial charge in [-0.3, -0.25) is 4.79 Å². The summed E-state index contributed by atoms with van der Waals surface area (Å²) in [5, 5.41) is 0.828. The lowest BCUT2D eigenvalue weighted by Crippen LogP contribution is -2.27. The van der Waals surface area contributed by atoms with Gasteiger partial charge in [0, 0.05) is 49.3 Å². The second kappa shape index (κ2) is 9.16. The molecule has 2 fully saturated rings. The lowest BCUT2D eigenvalue weighted by atomic mass is 10.1. The SMILES string of the molecule is CC(C)c1cc(N2CCCC2)nc(SCc2cccc(C(=O)N3CCCC3)c2)n1. The molecule has 5 nitrogen and oxygen atoms in total. The highest BCUT2D eigenvalue weighted by atomic mass is 32.2. The number of likely N-dealkylation sites (tertiary alicyclic amines) is 1. The highest BCUT2D eigenvalue weighted by molar-refractivity contribution is 7.98. The molecule has 1 amide bonds. The molecule has 0 spiro atoms. The van der Waals surface area contributed by atoms with Crippen molar-refractivity contribution in [2.75, 3.05) is 31.1 Å². The van der Waals surface area contributed by atoms with Crippen LogP contribution in [-0.2, 0) is 5.75 Å². The van der Waals surface area contributed by atoms with E-state index in [-0.39, 0.29) is 5.91 Å². The standard InChI is InChI=1S/C23H30N4OS/c1-17(2)20-15-21(26-10-3-4-11-26)25-23(24-20)29-16-18-8-7-9-19(14-18)22(28)27-12-5-6-13-27/h7-9,14-15,17H,3-6,10-13,16H2,1-2H3. The van der Waals surface area contributed by atoms with Gasteiger partial charge in [0.25, 0.3) is 5.91 Å². The topological polar surface area (TPSA) is 49.3 Å². The Hall–Kier alpha value is -2.08. The first-order valence-corrected chi connectivity index (χ1v) is 11.7. The molecule has 1 aromatic heterocycles. The van der Waals surface area contributed by atoms with Crippen LogP contribution in [0.5, 0.6) is 0 Å². The van der Waals surface area contributed by atoms with Gasteiger partial charge in [-0.25, -0.2) is 9.97 Å². The molecule has 4 rings (SSSR count). The molecule has 154 valence electrons. The van der Waals surface area contributed by atoms with Crippen LogP contribution in [0, 0.1) is 0 Å². The summed E-state index contributed by atoms with van der Waals surface area (Å²) in [5.74, 6) is 2.35. The highest BCUT2D eigenvalue weighted by Gasteiger charge is 2.20. The van der Waals surface area contributed by atoms with Crippen LogP contribution in [0.15, 0.2) is 35.5 Å². The van der Waals surface area contributed by atoms with Crippen LogP contribution in [0.3, 0.4) is 0 Å². The molecule has 0 N–H and O–H groups in total. The van der Waals surface area contributed by atoms with Crippen LogP contribution >= 0.6 is 11.8 Å². The third-order valence-electron chi connectivity index (χ3n) is 5.67. The molecular weight excluding hydrogens is 380 g/mol. The number of amides is 1. The molecule has 2 aliphatic rings. The van der Waals surface area contributed by atoms with E-state index in [9.17, 15) is 4.79 Å². The number of anilines is 1. The maximum Gasteiger partial charge on any atom is 0.253 e. The van der Waals surface area contributed by atoms with Crippen molar-refractivity contribution < 1.29 is 4.79 Å². The average molecular weight is 411 g/mol. The van der Waals surface area contributed by atoms with E-state index in [2.05, 4.69) is 30.9 Å². The predicted molar refractivity (Wildman–Crippen MR) is 119 cm³/mol. The van der Waals surface area contributed by atoms with Crippen molar-refractivity contribution in [3.05, 3.63) is 47.2 Å². The molecule has 0 atom stereocenters. The van der Waals surface area contributed by atoms with Crippen LogP contribution in [0.25, 0.3) is 0 Å². The molecule has 0 saturated carbocycles. The minimum atomic E-state index is 0.156. The normalized spacial score (nSPS) is 16.8. The molecule has 2 aromatic rings. The van der Waals surface area contributed by atoms with Gasteiger partial charge in [0.1, 0.15) is 5.82 Å². The Morgan fingerprint density at radius 3 is 2.48 bits per heavy atom. The van der Waals surface area contributed by atoms with Crippen LogP contribution in [-0.4, -0.2) is 47.0 Å². The van der Waals surface area contributed by atoms with E-state index in [1.807, 2.05) is 23.1 Å². The van der Waals surface area contributed by atoms with Crippen LogP contribution < -0.4 is 4.90 Å². The van der Waals surface area contributed by atoms with Gasteiger partial charge in [-0.05, 0) is 49.3 Å². The summed E-state index contributed by atoms with van der Waals surface area (Å²) in [6.45, 7) is 8.29. The van der Waals surface area contributed by atoms with E-state index in [1.54, 1.807) is 11.8 Å². The number of carbonyl (C=O) groups excluding carboxylic acids is 1. The monoisotopic (exact) mass is 410 g/mol. The van der Waals surface area contributed by atoms with Crippen LogP contribution in [0.2, 0.25) is 0 Å². The fourth-order valence-electron chi connectivity index (χ4n) is 3.94. The summed E-state index contributed by atoms with van der Waals surface area (Å²) >= 11 is 1.66. The average Bonchev–Trinajstić information content (AvgIpc) is 3.46. The van der Waals surface area contributed by atoms with E-state index < -0.39 is 0 Å². The molecular formula is C23H30N4OS. The van der Waals surface area contributed by atoms with Crippen molar-refractivity contribution in [2.45, 2.75) is 56.4 Å². The van der Waals surface area contributed by atoms with E-state index >= 15 is 0 Å². The number of carbonyl (C=O) groups is 1. The van der Waals surface area contributed by atoms with Crippen molar-refractivity contribution in [1.29, 1.82) is 0 Å². The minimum absolute atomic E-state index is 0.156. The Morgan fingerprint density at radius 2 is 1.76 bits per heavy atom. The van der Waals surface area contributed by atoms with Crippen LogP contribution in [0.1, 0.15) is 67.1 Å². The summed E-state index contributed by atoms with van der Waals surface area (Å²) in [5.41, 5.74) is 3.03. The third kappa shape index (κ3) is 4.92. The van der Waals surface area contributed by atoms with Gasteiger partial charge in [-0.15, -0.1) is 0 Å². The number of thioether (sulfide) groups is 1. The summed E-state index contributed by atoms with van der Waals surface area (Å²) in [6.07, 6.45) is 4.71. The van der Waals surface area contributed by atoms with E-state index in [4.69, 9.17) is 9.97 Å². The van der Waals surface area contributed by atoms with Crippen molar-refractivity contribution in [3.63, 3.8) is 0 Å². The van der Waals surface area contributed by atoms with Crippen molar-refractivity contribution >= 4 is 23.5 Å². The Balaban J connectivity index is 1.48. The fourth-order valence-corrected chi connectivity index (χ4v) is 4.75. The Labute approximate surface area is 177 Å². The molecule has 6 heteroatoms. The highest BCUT2D eigenvalue weighted by Crippen LogP contribution is 2.27. The molecule has 0 bridgehead atoms. The molecule has 2 aliphatic heterocycles. The zero-order valence-electron chi connectivity index (χ0n) is 17.4. The van der Waals surface area contributed by atoms with Gasteiger partial charge in [-0.1, -0.05) is 37.7 Å². The fraction of sp³-hybridized carbons (Fsp3) is 0.522. The number of nitrogens with zero attached hydrogens (tertiary/aromatic N) is 4. The summed E-state index contributed by atoms with van der Waals surface area (Å²) < 4.78 is 0. The van der Waals surface area contributed by atoms with Gasteiger partial charge >= 0.3 is 0 Å². The number of hydrogen-bond donors (Lipinski definition) is 0. The van der Waals surface area contributed by atoms with Crippen molar-refractivity contribution in [3.8, 4) is 0 Å². The van der Waals surface area contributed by atoms with E-state index in [0.29, 0.717) is 5.92 Å². The summed E-state index contributed by atoms with van der Waals surface area (Å²) in [4.78, 5) is 26.6. The quantitative estimate of drug-likeness (QED) is 0.509. The first-order valence-electron chi connectivity index (χ1n) is 10.7. The number of aromatic nitrogens is 2. The zero-order valence-corrected chi connectivity index (χ0v) is 18.2. The van der Waals surface area contributed by atoms with Crippen molar-refractivity contribution in [1.82, 2.24) is 14.9 Å². The minimum Gasteiger partial charge on any atom is -0.356 e. The smallest absolute Gasteiger partial charge is 0.253 e. The largest absolute Gasteiger partial charge is 0.356 e. The second-order valence-electron chi connectivity index (χ2n) is 8.27. The lowest BCUT2D eigenvalue weighted by Gasteiger charge is -2.19. The molecule has 29 heavy (non-hydrogen) atoms. The first-order chi connectivity index (χ1) is 14.1. The molecule has 0 aliphatic carbocycles. The van der Waals surface area contributed by atoms with Gasteiger partial charge in [-0.2, -0.15) is 0 Å². The number of benzene rings is 1. The number of rotatable bonds is 6. The van der Waals surface area contributed by atoms with Gasteiger partial charge in [0.15, 0.2) is 5.16 Å². The third-order valence-corrected chi connectivity index (χ3v) is 6.59. The second-order valence-corrected chi connectivity index (χ2v) is 9.21. The lowest BCUT2D eigenvalue weighted by molar-refractivity contribution is 0.0792. The maximum absolute atomic E-state index is 12.7. The Bertz CT molecular complexity index is 858. The zero-order chi connectivity index (χ0) is 20.2. The van der Waals surface area contributed by atoms with Gasteiger partial charge < -0.3 is 9.80 Å². The first kappa shape index (κ1) is 20.2. The summed E-state index contributed by atoms with van der Waals surface area (Å²) in [7, 11) is 0.